The lowest BCUT2D eigenvalue weighted by molar-refractivity contribution is 0.102. The van der Waals surface area contributed by atoms with Crippen LogP contribution in [0.3, 0.4) is 0 Å². The van der Waals surface area contributed by atoms with Crippen LogP contribution < -0.4 is 20.5 Å². The van der Waals surface area contributed by atoms with Gasteiger partial charge in [-0.3, -0.25) is 9.78 Å². The highest BCUT2D eigenvalue weighted by atomic mass is 16.7. The summed E-state index contributed by atoms with van der Waals surface area (Å²) >= 11 is 0. The normalized spacial score (nSPS) is 12.2. The van der Waals surface area contributed by atoms with Crippen molar-refractivity contribution in [2.24, 2.45) is 0 Å². The summed E-state index contributed by atoms with van der Waals surface area (Å²) in [5, 5.41) is 2.75. The minimum absolute atomic E-state index is 0.141. The summed E-state index contributed by atoms with van der Waals surface area (Å²) in [5.74, 6) is 0.760. The van der Waals surface area contributed by atoms with E-state index in [1.54, 1.807) is 24.5 Å². The summed E-state index contributed by atoms with van der Waals surface area (Å²) in [6.45, 7) is 2.04. The molecule has 1 aromatic carbocycles. The molecule has 1 aliphatic heterocycles. The predicted molar refractivity (Wildman–Crippen MR) is 73.9 cm³/mol. The standard InChI is InChI=1S/C14H13N3O3/c1-8-2-9(6-16-5-8)17-14(18)10-3-12-13(4-11(10)15)20-7-19-12/h2-6H,7,15H2,1H3,(H,17,18). The third kappa shape index (κ3) is 2.23. The number of amides is 1. The van der Waals surface area contributed by atoms with Crippen molar-refractivity contribution in [1.29, 1.82) is 0 Å². The van der Waals surface area contributed by atoms with Crippen molar-refractivity contribution in [3.05, 3.63) is 41.7 Å². The topological polar surface area (TPSA) is 86.5 Å². The number of hydrogen-bond acceptors (Lipinski definition) is 5. The molecule has 1 amide bonds. The van der Waals surface area contributed by atoms with Crippen LogP contribution >= 0.6 is 0 Å². The van der Waals surface area contributed by atoms with Crippen LogP contribution in [0.4, 0.5) is 11.4 Å². The van der Waals surface area contributed by atoms with E-state index < -0.39 is 0 Å². The van der Waals surface area contributed by atoms with Gasteiger partial charge in [-0.1, -0.05) is 0 Å². The third-order valence-electron chi connectivity index (χ3n) is 2.92. The number of anilines is 2. The van der Waals surface area contributed by atoms with Crippen LogP contribution in [0.15, 0.2) is 30.6 Å². The summed E-state index contributed by atoms with van der Waals surface area (Å²) in [5.41, 5.74) is 8.13. The second-order valence-electron chi connectivity index (χ2n) is 4.50. The first-order valence-electron chi connectivity index (χ1n) is 6.05. The first-order chi connectivity index (χ1) is 9.63. The van der Waals surface area contributed by atoms with Crippen molar-refractivity contribution in [2.45, 2.75) is 6.92 Å². The summed E-state index contributed by atoms with van der Waals surface area (Å²) in [6, 6.07) is 5.00. The van der Waals surface area contributed by atoms with Crippen molar-refractivity contribution in [1.82, 2.24) is 4.98 Å². The zero-order chi connectivity index (χ0) is 14.1. The van der Waals surface area contributed by atoms with Gasteiger partial charge in [0.25, 0.3) is 5.91 Å². The lowest BCUT2D eigenvalue weighted by atomic mass is 10.1. The van der Waals surface area contributed by atoms with Gasteiger partial charge in [0, 0.05) is 18.0 Å². The second-order valence-corrected chi connectivity index (χ2v) is 4.50. The number of benzene rings is 1. The molecule has 0 spiro atoms. The van der Waals surface area contributed by atoms with Gasteiger partial charge in [0.15, 0.2) is 11.5 Å². The van der Waals surface area contributed by atoms with Crippen molar-refractivity contribution < 1.29 is 14.3 Å². The Morgan fingerprint density at radius 1 is 1.25 bits per heavy atom. The van der Waals surface area contributed by atoms with Crippen LogP contribution in [0.25, 0.3) is 0 Å². The number of nitrogens with two attached hydrogens (primary N) is 1. The molecule has 2 aromatic rings. The van der Waals surface area contributed by atoms with Crippen LogP contribution in [0.1, 0.15) is 15.9 Å². The maximum atomic E-state index is 12.2. The van der Waals surface area contributed by atoms with Crippen molar-refractivity contribution in [3.63, 3.8) is 0 Å². The number of nitrogens with one attached hydrogen (secondary N) is 1. The first kappa shape index (κ1) is 12.3. The monoisotopic (exact) mass is 271 g/mol. The molecule has 6 heteroatoms. The quantitative estimate of drug-likeness (QED) is 0.815. The molecule has 0 saturated heterocycles. The van der Waals surface area contributed by atoms with E-state index >= 15 is 0 Å². The molecule has 0 aliphatic carbocycles. The van der Waals surface area contributed by atoms with Crippen LogP contribution in [0.5, 0.6) is 11.5 Å². The second kappa shape index (κ2) is 4.73. The SMILES string of the molecule is Cc1cncc(NC(=O)c2cc3c(cc2N)OCO3)c1. The number of rotatable bonds is 2. The number of aryl methyl sites for hydroxylation is 1. The number of carbonyl (C=O) groups excluding carboxylic acids is 1. The van der Waals surface area contributed by atoms with Gasteiger partial charge in [0.05, 0.1) is 17.4 Å². The van der Waals surface area contributed by atoms with Crippen LogP contribution in [0.2, 0.25) is 0 Å². The molecule has 1 aliphatic rings. The Bertz CT molecular complexity index is 685. The number of ether oxygens (including phenoxy) is 2. The lowest BCUT2D eigenvalue weighted by Gasteiger charge is -2.08. The number of nitrogen functional groups attached to an aromatic ring is 1. The molecule has 20 heavy (non-hydrogen) atoms. The highest BCUT2D eigenvalue weighted by Crippen LogP contribution is 2.36. The Balaban J connectivity index is 1.87. The minimum Gasteiger partial charge on any atom is -0.454 e. The van der Waals surface area contributed by atoms with E-state index in [1.165, 1.54) is 0 Å². The van der Waals surface area contributed by atoms with Crippen LogP contribution in [-0.4, -0.2) is 17.7 Å². The third-order valence-corrected chi connectivity index (χ3v) is 2.92. The predicted octanol–water partition coefficient (Wildman–Crippen LogP) is 1.95. The molecule has 0 unspecified atom stereocenters. The molecule has 102 valence electrons. The van der Waals surface area contributed by atoms with Gasteiger partial charge in [0.1, 0.15) is 0 Å². The maximum absolute atomic E-state index is 12.2. The van der Waals surface area contributed by atoms with Gasteiger partial charge < -0.3 is 20.5 Å². The average molecular weight is 271 g/mol. The smallest absolute Gasteiger partial charge is 0.257 e. The number of hydrogen-bond donors (Lipinski definition) is 2. The molecule has 3 rings (SSSR count). The molecule has 2 heterocycles. The molecule has 0 saturated carbocycles. The summed E-state index contributed by atoms with van der Waals surface area (Å²) in [4.78, 5) is 16.3. The molecule has 0 radical (unpaired) electrons. The van der Waals surface area contributed by atoms with Gasteiger partial charge in [-0.25, -0.2) is 0 Å². The van der Waals surface area contributed by atoms with Gasteiger partial charge in [-0.05, 0) is 24.6 Å². The molecule has 6 nitrogen and oxygen atoms in total. The first-order valence-corrected chi connectivity index (χ1v) is 6.05. The number of nitrogens with zero attached hydrogens (tertiary/aromatic N) is 1. The van der Waals surface area contributed by atoms with E-state index in [0.717, 1.165) is 5.56 Å². The lowest BCUT2D eigenvalue weighted by Crippen LogP contribution is -2.14. The van der Waals surface area contributed by atoms with E-state index in [-0.39, 0.29) is 12.7 Å². The molecule has 3 N–H and O–H groups in total. The molecule has 0 fully saturated rings. The van der Waals surface area contributed by atoms with Gasteiger partial charge in [-0.2, -0.15) is 0 Å². The zero-order valence-electron chi connectivity index (χ0n) is 10.8. The fourth-order valence-corrected chi connectivity index (χ4v) is 1.98. The fourth-order valence-electron chi connectivity index (χ4n) is 1.98. The Morgan fingerprint density at radius 3 is 2.75 bits per heavy atom. The van der Waals surface area contributed by atoms with E-state index in [1.807, 2.05) is 13.0 Å². The summed E-state index contributed by atoms with van der Waals surface area (Å²) in [7, 11) is 0. The Labute approximate surface area is 115 Å². The number of aromatic nitrogens is 1. The van der Waals surface area contributed by atoms with E-state index in [4.69, 9.17) is 15.2 Å². The Hall–Kier alpha value is -2.76. The largest absolute Gasteiger partial charge is 0.454 e. The highest BCUT2D eigenvalue weighted by Gasteiger charge is 2.19. The average Bonchev–Trinajstić information content (AvgIpc) is 2.84. The Morgan fingerprint density at radius 2 is 2.00 bits per heavy atom. The number of carbonyl (C=O) groups is 1. The summed E-state index contributed by atoms with van der Waals surface area (Å²) in [6.07, 6.45) is 3.29. The zero-order valence-corrected chi connectivity index (χ0v) is 10.8. The van der Waals surface area contributed by atoms with Gasteiger partial charge in [0.2, 0.25) is 6.79 Å². The van der Waals surface area contributed by atoms with Crippen molar-refractivity contribution >= 4 is 17.3 Å². The Kier molecular flexibility index (Phi) is 2.90. The van der Waals surface area contributed by atoms with Gasteiger partial charge in [-0.15, -0.1) is 0 Å². The number of fused-ring (bicyclic) bond motifs is 1. The molecular formula is C14H13N3O3. The maximum Gasteiger partial charge on any atom is 0.257 e. The van der Waals surface area contributed by atoms with E-state index in [0.29, 0.717) is 28.4 Å². The van der Waals surface area contributed by atoms with Crippen molar-refractivity contribution in [2.75, 3.05) is 17.8 Å². The van der Waals surface area contributed by atoms with Crippen LogP contribution in [0, 0.1) is 6.92 Å². The molecule has 0 atom stereocenters. The van der Waals surface area contributed by atoms with Crippen LogP contribution in [-0.2, 0) is 0 Å². The van der Waals surface area contributed by atoms with E-state index in [2.05, 4.69) is 10.3 Å². The highest BCUT2D eigenvalue weighted by molar-refractivity contribution is 6.08. The van der Waals surface area contributed by atoms with Gasteiger partial charge >= 0.3 is 0 Å². The number of pyridine rings is 1. The van der Waals surface area contributed by atoms with E-state index in [9.17, 15) is 4.79 Å². The molecular weight excluding hydrogens is 258 g/mol. The minimum atomic E-state index is -0.312. The molecule has 0 bridgehead atoms. The fraction of sp³-hybridized carbons (Fsp3) is 0.143. The molecule has 1 aromatic heterocycles. The van der Waals surface area contributed by atoms with Crippen molar-refractivity contribution in [3.8, 4) is 11.5 Å². The summed E-state index contributed by atoms with van der Waals surface area (Å²) < 4.78 is 10.4.